The molecule has 14 rings (SSSR count). The first kappa shape index (κ1) is 43.3. The van der Waals surface area contributed by atoms with Crippen LogP contribution in [0.4, 0.5) is 0 Å². The molecule has 0 aromatic heterocycles. The summed E-state index contributed by atoms with van der Waals surface area (Å²) >= 11 is 9.31. The summed E-state index contributed by atoms with van der Waals surface area (Å²) in [5.74, 6) is 0.306. The van der Waals surface area contributed by atoms with Crippen LogP contribution in [0.2, 0.25) is 0 Å². The monoisotopic (exact) mass is 1070 g/mol. The van der Waals surface area contributed by atoms with Gasteiger partial charge >= 0.3 is 3.18 Å². The second-order valence-electron chi connectivity index (χ2n) is 19.5. The van der Waals surface area contributed by atoms with Crippen molar-refractivity contribution in [3.05, 3.63) is 210 Å². The summed E-state index contributed by atoms with van der Waals surface area (Å²) in [4.78, 5) is 0. The van der Waals surface area contributed by atoms with Crippen LogP contribution in [-0.4, -0.2) is 8.29 Å². The van der Waals surface area contributed by atoms with Crippen molar-refractivity contribution in [2.45, 2.75) is 45.4 Å². The first-order chi connectivity index (χ1) is 32.9. The average Bonchev–Trinajstić information content (AvgIpc) is 3.74. The molecule has 0 bridgehead atoms. The Hall–Kier alpha value is -5.98. The van der Waals surface area contributed by atoms with Gasteiger partial charge in [0.05, 0.1) is 0 Å². The van der Waals surface area contributed by atoms with Gasteiger partial charge in [0.15, 0.2) is 0 Å². The highest BCUT2D eigenvalue weighted by Crippen LogP contribution is 2.58. The first-order valence-corrected chi connectivity index (χ1v) is 26.1. The summed E-state index contributed by atoms with van der Waals surface area (Å²) in [5.41, 5.74) is 12.4. The van der Waals surface area contributed by atoms with Gasteiger partial charge in [0.2, 0.25) is 0 Å². The van der Waals surface area contributed by atoms with Crippen LogP contribution in [0.15, 0.2) is 182 Å². The molecule has 328 valence electrons. The minimum atomic E-state index is -0.110. The lowest BCUT2D eigenvalue weighted by Gasteiger charge is -2.26. The molecular weight excluding hydrogens is 1020 g/mol. The molecule has 0 saturated carbocycles. The zero-order valence-corrected chi connectivity index (χ0v) is 43.2. The van der Waals surface area contributed by atoms with Gasteiger partial charge in [-0.25, -0.2) is 0 Å². The predicted octanol–water partition coefficient (Wildman–Crippen LogP) is 19.4. The number of phenols is 1. The molecule has 0 aliphatic heterocycles. The van der Waals surface area contributed by atoms with Crippen molar-refractivity contribution in [3.8, 4) is 28.0 Å². The lowest BCUT2D eigenvalue weighted by atomic mass is 9.77. The first-order valence-electron chi connectivity index (χ1n) is 23.3. The zero-order valence-electron chi connectivity index (χ0n) is 38.5. The summed E-state index contributed by atoms with van der Waals surface area (Å²) in [5, 5.41) is 31.2. The average molecular weight is 1070 g/mol. The zero-order chi connectivity index (χ0) is 46.8. The molecule has 12 aromatic rings. The van der Waals surface area contributed by atoms with Crippen LogP contribution < -0.4 is 0 Å². The number of aromatic hydroxyl groups is 1. The summed E-state index contributed by atoms with van der Waals surface area (Å²) in [6.45, 7) is 11.7. The van der Waals surface area contributed by atoms with E-state index in [-0.39, 0.29) is 14.0 Å². The number of benzene rings is 12. The molecule has 68 heavy (non-hydrogen) atoms. The van der Waals surface area contributed by atoms with E-state index in [0.29, 0.717) is 5.75 Å². The van der Waals surface area contributed by atoms with Gasteiger partial charge in [-0.1, -0.05) is 203 Å². The fourth-order valence-electron chi connectivity index (χ4n) is 12.5. The van der Waals surface area contributed by atoms with E-state index in [9.17, 15) is 5.11 Å². The van der Waals surface area contributed by atoms with E-state index in [1.165, 1.54) is 131 Å². The Morgan fingerprint density at radius 3 is 1.12 bits per heavy atom. The molecule has 5 heteroatoms. The third-order valence-electron chi connectivity index (χ3n) is 15.1. The number of hydrogen-bond donors (Lipinski definition) is 1. The molecule has 2 aliphatic carbocycles. The Balaban J connectivity index is 0.000000131. The van der Waals surface area contributed by atoms with E-state index in [1.807, 2.05) is 12.1 Å². The Morgan fingerprint density at radius 1 is 0.353 bits per heavy atom. The third-order valence-corrected chi connectivity index (χ3v) is 15.1. The SMILES string of the molecule is BrB(Br)Br.CC1(C)c2ccccc2-c2c1c1c3ccccc3c3cc(O)ccc3c1c1ccccc21.Cc1ccc2c(c1)c1ccccc1c1c3c(c4ccccc4c21)-c1ccccc1C3(C)C. The molecule has 2 aliphatic rings. The van der Waals surface area contributed by atoms with E-state index in [0.717, 1.165) is 5.39 Å². The maximum atomic E-state index is 10.3. The van der Waals surface area contributed by atoms with Crippen LogP contribution in [0.25, 0.3) is 108 Å². The number of aryl methyl sites for hydroxylation is 1. The van der Waals surface area contributed by atoms with Crippen molar-refractivity contribution in [2.24, 2.45) is 0 Å². The van der Waals surface area contributed by atoms with Gasteiger partial charge in [0.25, 0.3) is 0 Å². The molecule has 1 N–H and O–H groups in total. The van der Waals surface area contributed by atoms with Crippen molar-refractivity contribution >= 4 is 137 Å². The van der Waals surface area contributed by atoms with Crippen molar-refractivity contribution in [2.75, 3.05) is 0 Å². The smallest absolute Gasteiger partial charge is 0.369 e. The van der Waals surface area contributed by atoms with E-state index in [4.69, 9.17) is 0 Å². The fourth-order valence-corrected chi connectivity index (χ4v) is 12.5. The van der Waals surface area contributed by atoms with Crippen molar-refractivity contribution in [1.82, 2.24) is 0 Å². The van der Waals surface area contributed by atoms with E-state index in [1.54, 1.807) is 0 Å². The van der Waals surface area contributed by atoms with Gasteiger partial charge < -0.3 is 5.11 Å². The molecule has 1 nitrogen and oxygen atoms in total. The van der Waals surface area contributed by atoms with Crippen LogP contribution in [0.3, 0.4) is 0 Å². The summed E-state index contributed by atoms with van der Waals surface area (Å²) in [6.07, 6.45) is 0. The molecule has 12 aromatic carbocycles. The van der Waals surface area contributed by atoms with Gasteiger partial charge in [0, 0.05) is 10.8 Å². The summed E-state index contributed by atoms with van der Waals surface area (Å²) in [6, 6.07) is 66.2. The highest BCUT2D eigenvalue weighted by atomic mass is 79.9. The number of phenolic OH excluding ortho intramolecular Hbond substituents is 1. The van der Waals surface area contributed by atoms with Crippen molar-refractivity contribution < 1.29 is 5.11 Å². The van der Waals surface area contributed by atoms with Crippen molar-refractivity contribution in [3.63, 3.8) is 0 Å². The van der Waals surface area contributed by atoms with Crippen LogP contribution in [0, 0.1) is 6.92 Å². The van der Waals surface area contributed by atoms with Gasteiger partial charge in [0.1, 0.15) is 5.75 Å². The molecule has 0 saturated heterocycles. The minimum absolute atomic E-state index is 0.0602. The lowest BCUT2D eigenvalue weighted by molar-refractivity contribution is 0.476. The highest BCUT2D eigenvalue weighted by molar-refractivity contribution is 9.69. The van der Waals surface area contributed by atoms with Crippen LogP contribution >= 0.6 is 47.3 Å². The summed E-state index contributed by atoms with van der Waals surface area (Å²) in [7, 11) is 0. The van der Waals surface area contributed by atoms with Crippen molar-refractivity contribution in [1.29, 1.82) is 0 Å². The van der Waals surface area contributed by atoms with Crippen LogP contribution in [0.5, 0.6) is 5.75 Å². The number of rotatable bonds is 0. The fraction of sp³-hybridized carbons (Fsp3) is 0.111. The second-order valence-corrected chi connectivity index (χ2v) is 26.0. The Kier molecular flexibility index (Phi) is 10.2. The second kappa shape index (κ2) is 16.1. The molecule has 0 atom stereocenters. The van der Waals surface area contributed by atoms with Gasteiger partial charge in [-0.3, -0.25) is 0 Å². The summed E-state index contributed by atoms with van der Waals surface area (Å²) < 4.78 is 0.271. The molecular formula is C63H46BBr3O. The maximum Gasteiger partial charge on any atom is 0.369 e. The predicted molar refractivity (Wildman–Crippen MR) is 307 cm³/mol. The molecule has 0 spiro atoms. The molecule has 0 unspecified atom stereocenters. The Morgan fingerprint density at radius 2 is 0.676 bits per heavy atom. The molecule has 0 heterocycles. The lowest BCUT2D eigenvalue weighted by Crippen LogP contribution is -2.15. The Bertz CT molecular complexity index is 3850. The number of hydrogen-bond acceptors (Lipinski definition) is 1. The van der Waals surface area contributed by atoms with E-state index >= 15 is 0 Å². The molecule has 0 fully saturated rings. The maximum absolute atomic E-state index is 10.3. The quantitative estimate of drug-likeness (QED) is 0.119. The number of halogens is 3. The molecule has 0 amide bonds. The van der Waals surface area contributed by atoms with Crippen LogP contribution in [0.1, 0.15) is 55.5 Å². The van der Waals surface area contributed by atoms with E-state index in [2.05, 4.69) is 252 Å². The normalized spacial score (nSPS) is 13.9. The van der Waals surface area contributed by atoms with Gasteiger partial charge in [-0.15, -0.1) is 47.3 Å². The number of fused-ring (bicyclic) bond motifs is 26. The van der Waals surface area contributed by atoms with Crippen LogP contribution in [-0.2, 0) is 10.8 Å². The van der Waals surface area contributed by atoms with Gasteiger partial charge in [-0.05, 0) is 150 Å². The van der Waals surface area contributed by atoms with E-state index < -0.39 is 0 Å². The van der Waals surface area contributed by atoms with Gasteiger partial charge in [-0.2, -0.15) is 0 Å². The molecule has 0 radical (unpaired) electrons. The highest BCUT2D eigenvalue weighted by Gasteiger charge is 2.40. The Labute approximate surface area is 421 Å². The largest absolute Gasteiger partial charge is 0.508 e. The topological polar surface area (TPSA) is 20.2 Å². The standard InChI is InChI=1S/C32H24.C31H22O.BBr3/c1-19-16-17-24-26(18-19)20-10-4-5-11-21(20)30-28(24)22-12-6-7-13-23(22)29-25-14-8-9-15-27(25)32(2,3)31(29)30;1-31(2)26-14-8-7-13-24(26)28-22-12-6-5-11-21(22)27-23-16-15-18(32)17-25(23)19-9-3-4-10-20(19)29(27)30(28)31;2-1(3)4/h4-18H,1-3H3;3-17,32H,1-2H3;. The minimum Gasteiger partial charge on any atom is -0.508 e. The third kappa shape index (κ3) is 6.31.